The van der Waals surface area contributed by atoms with Crippen LogP contribution in [0.15, 0.2) is 67.0 Å². The molecule has 2 aromatic heterocycles. The van der Waals surface area contributed by atoms with Gasteiger partial charge in [-0.15, -0.1) is 0 Å². The molecule has 1 saturated carbocycles. The first-order valence-electron chi connectivity index (χ1n) is 13.3. The number of ketones is 2. The summed E-state index contributed by atoms with van der Waals surface area (Å²) < 4.78 is 39.6. The third kappa shape index (κ3) is 5.29. The van der Waals surface area contributed by atoms with Gasteiger partial charge >= 0.3 is 0 Å². The molecule has 204 valence electrons. The molecule has 2 aromatic carbocycles. The summed E-state index contributed by atoms with van der Waals surface area (Å²) in [6.07, 6.45) is 4.24. The van der Waals surface area contributed by atoms with Crippen molar-refractivity contribution < 1.29 is 27.8 Å². The summed E-state index contributed by atoms with van der Waals surface area (Å²) >= 11 is 0. The number of carbonyl (C=O) groups is 2. The molecule has 9 heteroatoms. The molecule has 2 fully saturated rings. The van der Waals surface area contributed by atoms with Gasteiger partial charge in [0.2, 0.25) is 0 Å². The van der Waals surface area contributed by atoms with E-state index in [-0.39, 0.29) is 36.0 Å². The molecule has 0 spiro atoms. The average molecular weight is 544 g/mol. The van der Waals surface area contributed by atoms with Crippen molar-refractivity contribution >= 4 is 28.3 Å². The van der Waals surface area contributed by atoms with E-state index in [4.69, 9.17) is 9.47 Å². The van der Waals surface area contributed by atoms with Crippen molar-refractivity contribution in [1.82, 2.24) is 9.97 Å². The minimum absolute atomic E-state index is 0.00877. The largest absolute Gasteiger partial charge is 0.453 e. The number of nitrogens with zero attached hydrogens (tertiary/aromatic N) is 3. The molecule has 2 aliphatic rings. The first-order valence-corrected chi connectivity index (χ1v) is 13.3. The molecule has 0 atom stereocenters. The number of aromatic nitrogens is 2. The molecule has 3 heterocycles. The standard InChI is InChI=1S/C31H27F2N3O4/c32-22-4-1-20(2-5-22)16-28(37)31(8-9-31)29(38)17-21-3-6-27(24(33)15-21)40-26-7-10-34-25-18-30(35-19-23(25)26)36-11-13-39-14-12-36/h1-7,10,15,18-19H,8-9,11-14,16-17H2. The number of hydrogen-bond acceptors (Lipinski definition) is 7. The Morgan fingerprint density at radius 3 is 2.27 bits per heavy atom. The molecule has 0 N–H and O–H groups in total. The molecule has 1 aliphatic heterocycles. The molecule has 0 radical (unpaired) electrons. The summed E-state index contributed by atoms with van der Waals surface area (Å²) in [5.41, 5.74) is 0.765. The molecule has 6 rings (SSSR count). The highest BCUT2D eigenvalue weighted by molar-refractivity contribution is 6.10. The van der Waals surface area contributed by atoms with Gasteiger partial charge in [0, 0.05) is 44.4 Å². The number of rotatable bonds is 9. The van der Waals surface area contributed by atoms with Gasteiger partial charge in [0.25, 0.3) is 0 Å². The van der Waals surface area contributed by atoms with Crippen molar-refractivity contribution in [3.8, 4) is 11.5 Å². The van der Waals surface area contributed by atoms with Gasteiger partial charge in [-0.25, -0.2) is 13.8 Å². The number of fused-ring (bicyclic) bond motifs is 1. The lowest BCUT2D eigenvalue weighted by Crippen LogP contribution is -2.36. The van der Waals surface area contributed by atoms with E-state index in [2.05, 4.69) is 14.9 Å². The van der Waals surface area contributed by atoms with Crippen LogP contribution in [0.3, 0.4) is 0 Å². The molecule has 0 unspecified atom stereocenters. The number of pyridine rings is 2. The topological polar surface area (TPSA) is 81.6 Å². The van der Waals surface area contributed by atoms with Crippen LogP contribution in [0.1, 0.15) is 24.0 Å². The first-order chi connectivity index (χ1) is 19.4. The zero-order chi connectivity index (χ0) is 27.7. The lowest BCUT2D eigenvalue weighted by atomic mass is 9.88. The zero-order valence-electron chi connectivity index (χ0n) is 21.7. The van der Waals surface area contributed by atoms with E-state index in [1.54, 1.807) is 36.7 Å². The number of carbonyl (C=O) groups excluding carboxylic acids is 2. The van der Waals surface area contributed by atoms with Crippen molar-refractivity contribution in [1.29, 1.82) is 0 Å². The number of anilines is 1. The van der Waals surface area contributed by atoms with Crippen LogP contribution in [0.4, 0.5) is 14.6 Å². The summed E-state index contributed by atoms with van der Waals surface area (Å²) in [4.78, 5) is 37.1. The molecule has 7 nitrogen and oxygen atoms in total. The van der Waals surface area contributed by atoms with E-state index in [0.717, 1.165) is 18.9 Å². The maximum absolute atomic E-state index is 15.1. The maximum Gasteiger partial charge on any atom is 0.166 e. The number of ether oxygens (including phenoxy) is 2. The number of morpholine rings is 1. The van der Waals surface area contributed by atoms with Crippen LogP contribution in [0, 0.1) is 17.0 Å². The van der Waals surface area contributed by atoms with Crippen LogP contribution in [-0.4, -0.2) is 47.8 Å². The summed E-state index contributed by atoms with van der Waals surface area (Å²) in [5.74, 6) is -0.184. The average Bonchev–Trinajstić information content (AvgIpc) is 3.79. The quantitative estimate of drug-likeness (QED) is 0.267. The summed E-state index contributed by atoms with van der Waals surface area (Å²) in [6.45, 7) is 2.78. The van der Waals surface area contributed by atoms with Gasteiger partial charge in [-0.3, -0.25) is 14.6 Å². The Morgan fingerprint density at radius 2 is 1.57 bits per heavy atom. The Labute approximate surface area is 229 Å². The SMILES string of the molecule is O=C(Cc1ccc(F)cc1)C1(C(=O)Cc2ccc(Oc3ccnc4cc(N5CCOCC5)ncc34)c(F)c2)CC1. The Morgan fingerprint density at radius 1 is 0.875 bits per heavy atom. The van der Waals surface area contributed by atoms with Gasteiger partial charge in [0.1, 0.15) is 17.4 Å². The van der Waals surface area contributed by atoms with Crippen molar-refractivity contribution in [2.24, 2.45) is 5.41 Å². The fraction of sp³-hybridized carbons (Fsp3) is 0.290. The van der Waals surface area contributed by atoms with E-state index < -0.39 is 11.2 Å². The second-order valence-corrected chi connectivity index (χ2v) is 10.2. The second-order valence-electron chi connectivity index (χ2n) is 10.2. The molecule has 40 heavy (non-hydrogen) atoms. The van der Waals surface area contributed by atoms with Gasteiger partial charge < -0.3 is 14.4 Å². The highest BCUT2D eigenvalue weighted by Crippen LogP contribution is 2.49. The van der Waals surface area contributed by atoms with Gasteiger partial charge in [0.15, 0.2) is 23.1 Å². The molecule has 4 aromatic rings. The molecular formula is C31H27F2N3O4. The van der Waals surface area contributed by atoms with Crippen LogP contribution < -0.4 is 9.64 Å². The van der Waals surface area contributed by atoms with Gasteiger partial charge in [-0.2, -0.15) is 0 Å². The summed E-state index contributed by atoms with van der Waals surface area (Å²) in [6, 6.07) is 13.6. The van der Waals surface area contributed by atoms with Crippen molar-refractivity contribution in [3.63, 3.8) is 0 Å². The smallest absolute Gasteiger partial charge is 0.166 e. The van der Waals surface area contributed by atoms with E-state index in [0.29, 0.717) is 53.8 Å². The van der Waals surface area contributed by atoms with Crippen LogP contribution >= 0.6 is 0 Å². The van der Waals surface area contributed by atoms with Crippen LogP contribution in [0.25, 0.3) is 10.9 Å². The Kier molecular flexibility index (Phi) is 6.98. The van der Waals surface area contributed by atoms with Crippen LogP contribution in [0.2, 0.25) is 0 Å². The van der Waals surface area contributed by atoms with Crippen molar-refractivity contribution in [2.75, 3.05) is 31.2 Å². The fourth-order valence-corrected chi connectivity index (χ4v) is 5.07. The lowest BCUT2D eigenvalue weighted by molar-refractivity contribution is -0.133. The van der Waals surface area contributed by atoms with E-state index in [9.17, 15) is 14.0 Å². The monoisotopic (exact) mass is 543 g/mol. The van der Waals surface area contributed by atoms with Crippen molar-refractivity contribution in [2.45, 2.75) is 25.7 Å². The highest BCUT2D eigenvalue weighted by atomic mass is 19.1. The summed E-state index contributed by atoms with van der Waals surface area (Å²) in [7, 11) is 0. The van der Waals surface area contributed by atoms with E-state index in [1.807, 2.05) is 6.07 Å². The lowest BCUT2D eigenvalue weighted by Gasteiger charge is -2.27. The summed E-state index contributed by atoms with van der Waals surface area (Å²) in [5, 5.41) is 0.647. The molecular weight excluding hydrogens is 516 g/mol. The third-order valence-corrected chi connectivity index (χ3v) is 7.58. The van der Waals surface area contributed by atoms with E-state index >= 15 is 4.39 Å². The Hall–Kier alpha value is -4.24. The molecule has 1 saturated heterocycles. The predicted molar refractivity (Wildman–Crippen MR) is 145 cm³/mol. The van der Waals surface area contributed by atoms with Crippen LogP contribution in [-0.2, 0) is 27.2 Å². The predicted octanol–water partition coefficient (Wildman–Crippen LogP) is 5.24. The number of hydrogen-bond donors (Lipinski definition) is 0. The second kappa shape index (κ2) is 10.7. The van der Waals surface area contributed by atoms with E-state index in [1.165, 1.54) is 24.3 Å². The highest BCUT2D eigenvalue weighted by Gasteiger charge is 2.54. The number of benzene rings is 2. The maximum atomic E-state index is 15.1. The number of halogens is 2. The fourth-order valence-electron chi connectivity index (χ4n) is 5.07. The van der Waals surface area contributed by atoms with Crippen molar-refractivity contribution in [3.05, 3.63) is 89.8 Å². The minimum atomic E-state index is -1.04. The zero-order valence-corrected chi connectivity index (χ0v) is 21.7. The molecule has 0 bridgehead atoms. The van der Waals surface area contributed by atoms with Gasteiger partial charge in [-0.1, -0.05) is 18.2 Å². The molecule has 0 amide bonds. The van der Waals surface area contributed by atoms with Gasteiger partial charge in [-0.05, 0) is 54.3 Å². The Balaban J connectivity index is 1.14. The molecule has 1 aliphatic carbocycles. The number of Topliss-reactive ketones (excluding diaryl/α,β-unsaturated/α-hetero) is 2. The first kappa shape index (κ1) is 26.0. The Bertz CT molecular complexity index is 1580. The minimum Gasteiger partial charge on any atom is -0.453 e. The normalized spacial score (nSPS) is 16.1. The van der Waals surface area contributed by atoms with Gasteiger partial charge in [0.05, 0.1) is 29.5 Å². The third-order valence-electron chi connectivity index (χ3n) is 7.58. The van der Waals surface area contributed by atoms with Crippen LogP contribution in [0.5, 0.6) is 11.5 Å².